The number of para-hydroxylation sites is 1. The molecule has 1 aromatic heterocycles. The van der Waals surface area contributed by atoms with Gasteiger partial charge in [0.1, 0.15) is 5.75 Å². The second-order valence-corrected chi connectivity index (χ2v) is 3.66. The van der Waals surface area contributed by atoms with E-state index in [-0.39, 0.29) is 6.61 Å². The average Bonchev–Trinajstić information content (AvgIpc) is 2.77. The van der Waals surface area contributed by atoms with Crippen molar-refractivity contribution in [2.45, 2.75) is 13.2 Å². The Labute approximate surface area is 94.9 Å². The smallest absolute Gasteiger partial charge is 0.123 e. The van der Waals surface area contributed by atoms with Crippen molar-refractivity contribution in [3.05, 3.63) is 53.9 Å². The van der Waals surface area contributed by atoms with Crippen LogP contribution in [0.2, 0.25) is 0 Å². The summed E-state index contributed by atoms with van der Waals surface area (Å²) in [4.78, 5) is 0. The van der Waals surface area contributed by atoms with E-state index in [2.05, 4.69) is 0 Å². The number of nitrogens with zero attached hydrogens (tertiary/aromatic N) is 1. The number of aliphatic hydroxyl groups excluding tert-OH is 1. The van der Waals surface area contributed by atoms with E-state index in [0.29, 0.717) is 0 Å². The highest BCUT2D eigenvalue weighted by molar-refractivity contribution is 5.33. The molecular weight excluding hydrogens is 202 g/mol. The highest BCUT2D eigenvalue weighted by Crippen LogP contribution is 2.18. The molecule has 0 saturated heterocycles. The van der Waals surface area contributed by atoms with Crippen LogP contribution in [0.25, 0.3) is 0 Å². The maximum absolute atomic E-state index is 8.98. The molecule has 16 heavy (non-hydrogen) atoms. The summed E-state index contributed by atoms with van der Waals surface area (Å²) >= 11 is 0. The molecule has 84 valence electrons. The van der Waals surface area contributed by atoms with Crippen LogP contribution in [0.1, 0.15) is 11.1 Å². The lowest BCUT2D eigenvalue weighted by atomic mass is 10.2. The topological polar surface area (TPSA) is 34.4 Å². The van der Waals surface area contributed by atoms with Crippen molar-refractivity contribution in [3.8, 4) is 5.75 Å². The summed E-state index contributed by atoms with van der Waals surface area (Å²) in [7, 11) is 1.67. The molecule has 1 aromatic carbocycles. The van der Waals surface area contributed by atoms with Crippen LogP contribution >= 0.6 is 0 Å². The standard InChI is InChI=1S/C13H15NO2/c1-16-13-5-3-2-4-12(13)9-14-7-6-11(8-14)10-15/h2-8,15H,9-10H2,1H3. The zero-order valence-electron chi connectivity index (χ0n) is 9.26. The lowest BCUT2D eigenvalue weighted by Gasteiger charge is -2.08. The van der Waals surface area contributed by atoms with E-state index in [1.807, 2.05) is 47.3 Å². The Morgan fingerprint density at radius 2 is 2.06 bits per heavy atom. The molecule has 3 nitrogen and oxygen atoms in total. The van der Waals surface area contributed by atoms with Gasteiger partial charge in [-0.25, -0.2) is 0 Å². The SMILES string of the molecule is COc1ccccc1Cn1ccc(CO)c1. The summed E-state index contributed by atoms with van der Waals surface area (Å²) < 4.78 is 7.32. The minimum Gasteiger partial charge on any atom is -0.496 e. The van der Waals surface area contributed by atoms with Crippen LogP contribution in [0.15, 0.2) is 42.7 Å². The molecule has 0 aliphatic rings. The lowest BCUT2D eigenvalue weighted by Crippen LogP contribution is -1.99. The fourth-order valence-electron chi connectivity index (χ4n) is 1.71. The van der Waals surface area contributed by atoms with Crippen molar-refractivity contribution in [1.29, 1.82) is 0 Å². The molecule has 1 N–H and O–H groups in total. The molecular formula is C13H15NO2. The van der Waals surface area contributed by atoms with E-state index in [1.165, 1.54) is 0 Å². The molecule has 0 unspecified atom stereocenters. The normalized spacial score (nSPS) is 10.4. The number of aliphatic hydroxyl groups is 1. The number of benzene rings is 1. The van der Waals surface area contributed by atoms with E-state index in [9.17, 15) is 0 Å². The fraction of sp³-hybridized carbons (Fsp3) is 0.231. The maximum atomic E-state index is 8.98. The summed E-state index contributed by atoms with van der Waals surface area (Å²) in [6.07, 6.45) is 3.89. The highest BCUT2D eigenvalue weighted by Gasteiger charge is 2.02. The van der Waals surface area contributed by atoms with E-state index >= 15 is 0 Å². The molecule has 0 amide bonds. The zero-order valence-corrected chi connectivity index (χ0v) is 9.26. The van der Waals surface area contributed by atoms with Crippen LogP contribution in [-0.2, 0) is 13.2 Å². The Kier molecular flexibility index (Phi) is 3.27. The van der Waals surface area contributed by atoms with Crippen LogP contribution in [0.5, 0.6) is 5.75 Å². The lowest BCUT2D eigenvalue weighted by molar-refractivity contribution is 0.282. The number of ether oxygens (including phenoxy) is 1. The van der Waals surface area contributed by atoms with E-state index in [1.54, 1.807) is 7.11 Å². The third-order valence-corrected chi connectivity index (χ3v) is 2.54. The first kappa shape index (κ1) is 10.8. The number of aromatic nitrogens is 1. The summed E-state index contributed by atoms with van der Waals surface area (Å²) in [5.74, 6) is 0.891. The van der Waals surface area contributed by atoms with E-state index in [4.69, 9.17) is 9.84 Å². The second-order valence-electron chi connectivity index (χ2n) is 3.66. The molecule has 0 radical (unpaired) electrons. The zero-order chi connectivity index (χ0) is 11.4. The van der Waals surface area contributed by atoms with Crippen molar-refractivity contribution in [1.82, 2.24) is 4.57 Å². The monoisotopic (exact) mass is 217 g/mol. The third kappa shape index (κ3) is 2.25. The number of hydrogen-bond acceptors (Lipinski definition) is 2. The number of hydrogen-bond donors (Lipinski definition) is 1. The quantitative estimate of drug-likeness (QED) is 0.850. The molecule has 0 aliphatic heterocycles. The summed E-state index contributed by atoms with van der Waals surface area (Å²) in [6.45, 7) is 0.836. The molecule has 0 atom stereocenters. The summed E-state index contributed by atoms with van der Waals surface area (Å²) in [5.41, 5.74) is 2.06. The Morgan fingerprint density at radius 3 is 2.75 bits per heavy atom. The molecule has 0 bridgehead atoms. The van der Waals surface area contributed by atoms with Gasteiger partial charge in [-0.15, -0.1) is 0 Å². The largest absolute Gasteiger partial charge is 0.496 e. The fourth-order valence-corrected chi connectivity index (χ4v) is 1.71. The van der Waals surface area contributed by atoms with Crippen LogP contribution in [0, 0.1) is 0 Å². The first-order chi connectivity index (χ1) is 7.83. The molecule has 0 aliphatic carbocycles. The molecule has 3 heteroatoms. The minimum atomic E-state index is 0.0823. The van der Waals surface area contributed by atoms with Gasteiger partial charge in [0, 0.05) is 18.0 Å². The van der Waals surface area contributed by atoms with Crippen LogP contribution in [0.4, 0.5) is 0 Å². The Bertz CT molecular complexity index is 462. The maximum Gasteiger partial charge on any atom is 0.123 e. The van der Waals surface area contributed by atoms with Crippen LogP contribution in [-0.4, -0.2) is 16.8 Å². The van der Waals surface area contributed by atoms with Gasteiger partial charge in [-0.05, 0) is 17.7 Å². The highest BCUT2D eigenvalue weighted by atomic mass is 16.5. The van der Waals surface area contributed by atoms with Gasteiger partial charge in [-0.1, -0.05) is 18.2 Å². The van der Waals surface area contributed by atoms with Gasteiger partial charge < -0.3 is 14.4 Å². The first-order valence-corrected chi connectivity index (χ1v) is 5.21. The van der Waals surface area contributed by atoms with Gasteiger partial charge in [-0.3, -0.25) is 0 Å². The minimum absolute atomic E-state index is 0.0823. The first-order valence-electron chi connectivity index (χ1n) is 5.21. The number of methoxy groups -OCH3 is 1. The van der Waals surface area contributed by atoms with E-state index < -0.39 is 0 Å². The van der Waals surface area contributed by atoms with Gasteiger partial charge in [0.05, 0.1) is 20.3 Å². The van der Waals surface area contributed by atoms with E-state index in [0.717, 1.165) is 23.4 Å². The van der Waals surface area contributed by atoms with Gasteiger partial charge in [-0.2, -0.15) is 0 Å². The van der Waals surface area contributed by atoms with Crippen molar-refractivity contribution in [2.24, 2.45) is 0 Å². The second kappa shape index (κ2) is 4.86. The van der Waals surface area contributed by atoms with Crippen LogP contribution < -0.4 is 4.74 Å². The Balaban J connectivity index is 2.19. The summed E-state index contributed by atoms with van der Waals surface area (Å²) in [5, 5.41) is 8.98. The summed E-state index contributed by atoms with van der Waals surface area (Å²) in [6, 6.07) is 9.85. The Morgan fingerprint density at radius 1 is 1.25 bits per heavy atom. The molecule has 2 rings (SSSR count). The van der Waals surface area contributed by atoms with Crippen LogP contribution in [0.3, 0.4) is 0 Å². The molecule has 0 spiro atoms. The van der Waals surface area contributed by atoms with Gasteiger partial charge in [0.25, 0.3) is 0 Å². The Hall–Kier alpha value is -1.74. The molecule has 0 fully saturated rings. The van der Waals surface area contributed by atoms with Gasteiger partial charge in [0.2, 0.25) is 0 Å². The van der Waals surface area contributed by atoms with Gasteiger partial charge in [0.15, 0.2) is 0 Å². The molecule has 0 saturated carbocycles. The van der Waals surface area contributed by atoms with Crippen molar-refractivity contribution in [3.63, 3.8) is 0 Å². The predicted octanol–water partition coefficient (Wildman–Crippen LogP) is 2.04. The number of rotatable bonds is 4. The predicted molar refractivity (Wildman–Crippen MR) is 62.5 cm³/mol. The third-order valence-electron chi connectivity index (χ3n) is 2.54. The molecule has 2 aromatic rings. The van der Waals surface area contributed by atoms with Crippen molar-refractivity contribution < 1.29 is 9.84 Å². The van der Waals surface area contributed by atoms with Crippen molar-refractivity contribution >= 4 is 0 Å². The van der Waals surface area contributed by atoms with Crippen molar-refractivity contribution in [2.75, 3.05) is 7.11 Å². The molecule has 1 heterocycles. The average molecular weight is 217 g/mol. The van der Waals surface area contributed by atoms with Gasteiger partial charge >= 0.3 is 0 Å².